The molecule has 8 heteroatoms. The first-order valence-electron chi connectivity index (χ1n) is 9.33. The molecule has 2 heterocycles. The summed E-state index contributed by atoms with van der Waals surface area (Å²) in [6, 6.07) is 9.06. The molecular weight excluding hydrogens is 376 g/mol. The first-order chi connectivity index (χ1) is 13.6. The number of amides is 1. The van der Waals surface area contributed by atoms with Gasteiger partial charge in [-0.25, -0.2) is 4.98 Å². The number of pyridine rings is 1. The van der Waals surface area contributed by atoms with Crippen LogP contribution in [-0.2, 0) is 0 Å². The predicted molar refractivity (Wildman–Crippen MR) is 109 cm³/mol. The fourth-order valence-corrected chi connectivity index (χ4v) is 4.29. The molecule has 1 amide bonds. The third kappa shape index (κ3) is 4.07. The van der Waals surface area contributed by atoms with E-state index >= 15 is 0 Å². The van der Waals surface area contributed by atoms with Gasteiger partial charge in [-0.15, -0.1) is 0 Å². The number of carbonyl (C=O) groups excluding carboxylic acids is 1. The normalized spacial score (nSPS) is 19.4. The summed E-state index contributed by atoms with van der Waals surface area (Å²) in [6.45, 7) is 0. The van der Waals surface area contributed by atoms with E-state index < -0.39 is 0 Å². The van der Waals surface area contributed by atoms with E-state index in [0.717, 1.165) is 41.0 Å². The highest BCUT2D eigenvalue weighted by Gasteiger charge is 2.23. The van der Waals surface area contributed by atoms with Crippen molar-refractivity contribution in [3.8, 4) is 11.5 Å². The number of fused-ring (bicyclic) bond motifs is 1. The van der Waals surface area contributed by atoms with E-state index in [1.54, 1.807) is 25.4 Å². The summed E-state index contributed by atoms with van der Waals surface area (Å²) in [7, 11) is 1.56. The van der Waals surface area contributed by atoms with Crippen LogP contribution in [0.1, 0.15) is 36.2 Å². The van der Waals surface area contributed by atoms with Crippen molar-refractivity contribution < 1.29 is 14.6 Å². The van der Waals surface area contributed by atoms with Gasteiger partial charge in [0.15, 0.2) is 5.13 Å². The summed E-state index contributed by atoms with van der Waals surface area (Å²) in [5.74, 6) is 0.944. The van der Waals surface area contributed by atoms with Crippen LogP contribution in [0.2, 0.25) is 0 Å². The topological polar surface area (TPSA) is 96.4 Å². The first kappa shape index (κ1) is 18.6. The van der Waals surface area contributed by atoms with Crippen molar-refractivity contribution >= 4 is 32.6 Å². The van der Waals surface area contributed by atoms with Crippen molar-refractivity contribution in [1.82, 2.24) is 15.3 Å². The Kier molecular flexibility index (Phi) is 5.40. The fourth-order valence-electron chi connectivity index (χ4n) is 3.33. The van der Waals surface area contributed by atoms with Gasteiger partial charge in [-0.05, 0) is 31.0 Å². The van der Waals surface area contributed by atoms with Crippen molar-refractivity contribution in [3.05, 3.63) is 42.2 Å². The Balaban J connectivity index is 1.51. The number of aliphatic hydroxyl groups is 1. The second-order valence-electron chi connectivity index (χ2n) is 6.81. The van der Waals surface area contributed by atoms with Crippen LogP contribution >= 0.6 is 11.3 Å². The van der Waals surface area contributed by atoms with Crippen LogP contribution < -0.4 is 15.4 Å². The fraction of sp³-hybridized carbons (Fsp3) is 0.350. The second-order valence-corrected chi connectivity index (χ2v) is 7.84. The number of nitrogens with zero attached hydrogens (tertiary/aromatic N) is 2. The smallest absolute Gasteiger partial charge is 0.269 e. The van der Waals surface area contributed by atoms with Crippen molar-refractivity contribution in [3.63, 3.8) is 0 Å². The van der Waals surface area contributed by atoms with E-state index in [1.165, 1.54) is 11.3 Å². The molecular formula is C20H22N4O3S. The number of anilines is 1. The standard InChI is InChI=1S/C20H22N4O3S/c1-21-19(26)16-10-13(8-9-22-16)27-12-6-7-15-18(11-12)28-20(24-15)23-14-4-2-3-5-17(14)25/h6-11,14,17,25H,2-5H2,1H3,(H,21,26)(H,23,24)/t14-,17?/m0/s1. The molecule has 0 radical (unpaired) electrons. The number of rotatable bonds is 5. The zero-order valence-corrected chi connectivity index (χ0v) is 16.3. The maximum atomic E-state index is 11.7. The van der Waals surface area contributed by atoms with Crippen molar-refractivity contribution in [1.29, 1.82) is 0 Å². The molecule has 4 rings (SSSR count). The Morgan fingerprint density at radius 2 is 2.04 bits per heavy atom. The molecule has 2 atom stereocenters. The van der Waals surface area contributed by atoms with E-state index in [1.807, 2.05) is 18.2 Å². The Labute approximate surface area is 166 Å². The molecule has 28 heavy (non-hydrogen) atoms. The summed E-state index contributed by atoms with van der Waals surface area (Å²) in [5.41, 5.74) is 1.18. The first-order valence-corrected chi connectivity index (χ1v) is 10.2. The number of thiazole rings is 1. The van der Waals surface area contributed by atoms with Gasteiger partial charge in [0.1, 0.15) is 17.2 Å². The lowest BCUT2D eigenvalue weighted by molar-refractivity contribution is 0.0957. The van der Waals surface area contributed by atoms with Gasteiger partial charge in [0.05, 0.1) is 22.4 Å². The molecule has 7 nitrogen and oxygen atoms in total. The maximum absolute atomic E-state index is 11.7. The van der Waals surface area contributed by atoms with Crippen molar-refractivity contribution in [2.75, 3.05) is 12.4 Å². The van der Waals surface area contributed by atoms with Crippen LogP contribution in [-0.4, -0.2) is 40.2 Å². The number of benzene rings is 1. The highest BCUT2D eigenvalue weighted by Crippen LogP contribution is 2.32. The van der Waals surface area contributed by atoms with E-state index in [0.29, 0.717) is 17.2 Å². The molecule has 1 aliphatic rings. The van der Waals surface area contributed by atoms with E-state index in [4.69, 9.17) is 4.74 Å². The van der Waals surface area contributed by atoms with Gasteiger partial charge in [-0.3, -0.25) is 9.78 Å². The number of hydrogen-bond donors (Lipinski definition) is 3. The monoisotopic (exact) mass is 398 g/mol. The zero-order valence-electron chi connectivity index (χ0n) is 15.5. The minimum Gasteiger partial charge on any atom is -0.457 e. The van der Waals surface area contributed by atoms with Crippen LogP contribution in [0.15, 0.2) is 36.5 Å². The zero-order chi connectivity index (χ0) is 19.5. The molecule has 0 bridgehead atoms. The third-order valence-corrected chi connectivity index (χ3v) is 5.77. The number of carbonyl (C=O) groups is 1. The van der Waals surface area contributed by atoms with Gasteiger partial charge < -0.3 is 20.5 Å². The molecule has 146 valence electrons. The van der Waals surface area contributed by atoms with Gasteiger partial charge >= 0.3 is 0 Å². The second kappa shape index (κ2) is 8.12. The summed E-state index contributed by atoms with van der Waals surface area (Å²) < 4.78 is 6.89. The van der Waals surface area contributed by atoms with Crippen molar-refractivity contribution in [2.45, 2.75) is 37.8 Å². The largest absolute Gasteiger partial charge is 0.457 e. The lowest BCUT2D eigenvalue weighted by Crippen LogP contribution is -2.36. The summed E-state index contributed by atoms with van der Waals surface area (Å²) in [4.78, 5) is 20.4. The number of hydrogen-bond acceptors (Lipinski definition) is 7. The third-order valence-electron chi connectivity index (χ3n) is 4.83. The summed E-state index contributed by atoms with van der Waals surface area (Å²) in [5, 5.41) is 16.9. The highest BCUT2D eigenvalue weighted by atomic mass is 32.1. The highest BCUT2D eigenvalue weighted by molar-refractivity contribution is 7.22. The van der Waals surface area contributed by atoms with Crippen LogP contribution in [0.3, 0.4) is 0 Å². The van der Waals surface area contributed by atoms with Gasteiger partial charge in [0.25, 0.3) is 5.91 Å². The lowest BCUT2D eigenvalue weighted by atomic mass is 9.93. The molecule has 1 fully saturated rings. The number of aromatic nitrogens is 2. The number of aliphatic hydroxyl groups excluding tert-OH is 1. The van der Waals surface area contributed by atoms with Gasteiger partial charge in [0.2, 0.25) is 0 Å². The van der Waals surface area contributed by atoms with E-state index in [9.17, 15) is 9.90 Å². The quantitative estimate of drug-likeness (QED) is 0.608. The van der Waals surface area contributed by atoms with Gasteiger partial charge in [-0.1, -0.05) is 24.2 Å². The maximum Gasteiger partial charge on any atom is 0.269 e. The molecule has 1 unspecified atom stereocenters. The SMILES string of the molecule is CNC(=O)c1cc(Oc2ccc3nc(N[C@H]4CCCCC4O)sc3c2)ccn1. The molecule has 3 aromatic rings. The number of ether oxygens (including phenoxy) is 1. The Hall–Kier alpha value is -2.71. The molecule has 0 spiro atoms. The molecule has 2 aromatic heterocycles. The summed E-state index contributed by atoms with van der Waals surface area (Å²) in [6.07, 6.45) is 5.23. The van der Waals surface area contributed by atoms with Crippen LogP contribution in [0.25, 0.3) is 10.2 Å². The minimum atomic E-state index is -0.319. The lowest BCUT2D eigenvalue weighted by Gasteiger charge is -2.27. The van der Waals surface area contributed by atoms with Crippen LogP contribution in [0, 0.1) is 0 Å². The number of nitrogens with one attached hydrogen (secondary N) is 2. The molecule has 1 saturated carbocycles. The predicted octanol–water partition coefficient (Wildman–Crippen LogP) is 3.56. The van der Waals surface area contributed by atoms with Crippen LogP contribution in [0.5, 0.6) is 11.5 Å². The Bertz CT molecular complexity index is 990. The molecule has 0 saturated heterocycles. The van der Waals surface area contributed by atoms with Crippen LogP contribution in [0.4, 0.5) is 5.13 Å². The van der Waals surface area contributed by atoms with E-state index in [2.05, 4.69) is 20.6 Å². The average molecular weight is 398 g/mol. The summed E-state index contributed by atoms with van der Waals surface area (Å²) >= 11 is 1.54. The molecule has 3 N–H and O–H groups in total. The Morgan fingerprint density at radius 1 is 1.21 bits per heavy atom. The average Bonchev–Trinajstić information content (AvgIpc) is 3.11. The van der Waals surface area contributed by atoms with E-state index in [-0.39, 0.29) is 18.1 Å². The Morgan fingerprint density at radius 3 is 2.86 bits per heavy atom. The van der Waals surface area contributed by atoms with Crippen molar-refractivity contribution in [2.24, 2.45) is 0 Å². The molecule has 0 aliphatic heterocycles. The molecule has 1 aliphatic carbocycles. The van der Waals surface area contributed by atoms with Gasteiger partial charge in [-0.2, -0.15) is 0 Å². The molecule has 1 aromatic carbocycles. The minimum absolute atomic E-state index is 0.0602. The van der Waals surface area contributed by atoms with Gasteiger partial charge in [0, 0.05) is 25.4 Å².